The van der Waals surface area contributed by atoms with Gasteiger partial charge >= 0.3 is 0 Å². The summed E-state index contributed by atoms with van der Waals surface area (Å²) < 4.78 is 6.08. The topological polar surface area (TPSA) is 150 Å². The number of likely N-dealkylation sites (tertiary alicyclic amines) is 1. The molecular weight excluding hydrogens is 715 g/mol. The summed E-state index contributed by atoms with van der Waals surface area (Å²) in [4.78, 5) is 44.0. The molecule has 7 rings (SSSR count). The Morgan fingerprint density at radius 2 is 1.53 bits per heavy atom. The lowest BCUT2D eigenvalue weighted by molar-refractivity contribution is -0.124. The minimum Gasteiger partial charge on any atom is -0.487 e. The van der Waals surface area contributed by atoms with Crippen LogP contribution in [0, 0.1) is 17.8 Å². The molecule has 0 bridgehead atoms. The van der Waals surface area contributed by atoms with Gasteiger partial charge in [-0.3, -0.25) is 14.4 Å². The molecule has 1 aliphatic heterocycles. The molecule has 2 heterocycles. The molecule has 10 heteroatoms. The number of aromatic nitrogens is 1. The van der Waals surface area contributed by atoms with Crippen LogP contribution < -0.4 is 26.7 Å². The summed E-state index contributed by atoms with van der Waals surface area (Å²) in [5, 5.41) is 18.7. The zero-order valence-electron chi connectivity index (χ0n) is 32.6. The molecule has 1 saturated carbocycles. The van der Waals surface area contributed by atoms with Crippen LogP contribution in [0.25, 0.3) is 10.9 Å². The molecule has 0 spiro atoms. The van der Waals surface area contributed by atoms with E-state index in [4.69, 9.17) is 10.5 Å². The van der Waals surface area contributed by atoms with E-state index in [1.807, 2.05) is 103 Å². The van der Waals surface area contributed by atoms with E-state index in [-0.39, 0.29) is 23.3 Å². The fraction of sp³-hybridized carbons (Fsp3) is 0.383. The number of rotatable bonds is 17. The quantitative estimate of drug-likeness (QED) is 0.0799. The van der Waals surface area contributed by atoms with Gasteiger partial charge in [0.2, 0.25) is 17.4 Å². The lowest BCUT2D eigenvalue weighted by atomic mass is 9.64. The summed E-state index contributed by atoms with van der Waals surface area (Å²) in [6.45, 7) is 4.32. The van der Waals surface area contributed by atoms with Gasteiger partial charge < -0.3 is 36.1 Å². The average Bonchev–Trinajstić information content (AvgIpc) is 3.71. The maximum Gasteiger partial charge on any atom is 0.248 e. The lowest BCUT2D eigenvalue weighted by Crippen LogP contribution is -2.49. The van der Waals surface area contributed by atoms with E-state index >= 15 is 0 Å². The van der Waals surface area contributed by atoms with E-state index in [9.17, 15) is 19.5 Å². The standard InChI is InChI=1S/C47H55N5O5/c48-46(56)47(36-15-6-2-7-16-36,37-17-8-3-9-18-37)38-23-25-52(31-38)26-24-43(54)50-29-35-14-10-13-34(27-35)28-49-30-41(53)39-19-21-42(45-40(39)20-22-44(55)51-45)57-32-33-11-4-1-5-12-33/h1-9,11-12,15-22,34-35,38,41,49,53H,10,13-14,23-32H2,(H2,48,56)(H,50,54)(H,51,55)/t34?,35?,38-,41-/m1/s1. The first kappa shape index (κ1) is 39.9. The molecule has 1 aliphatic carbocycles. The number of aromatic amines is 1. The number of amides is 2. The molecule has 1 aromatic heterocycles. The maximum absolute atomic E-state index is 13.4. The van der Waals surface area contributed by atoms with Crippen LogP contribution in [-0.4, -0.2) is 66.1 Å². The Hall–Kier alpha value is -5.29. The smallest absolute Gasteiger partial charge is 0.248 e. The summed E-state index contributed by atoms with van der Waals surface area (Å²) in [7, 11) is 0. The van der Waals surface area contributed by atoms with Gasteiger partial charge in [0, 0.05) is 44.1 Å². The number of nitrogens with one attached hydrogen (secondary N) is 3. The molecule has 2 aliphatic rings. The van der Waals surface area contributed by atoms with Crippen LogP contribution in [0.4, 0.5) is 0 Å². The van der Waals surface area contributed by atoms with Crippen molar-refractivity contribution in [2.75, 3.05) is 39.3 Å². The Kier molecular flexibility index (Phi) is 13.1. The predicted molar refractivity (Wildman–Crippen MR) is 224 cm³/mol. The monoisotopic (exact) mass is 769 g/mol. The van der Waals surface area contributed by atoms with E-state index in [0.29, 0.717) is 62.3 Å². The number of nitrogens with two attached hydrogens (primary N) is 1. The number of aliphatic hydroxyl groups excluding tert-OH is 1. The number of nitrogens with zero attached hydrogens (tertiary/aromatic N) is 1. The number of carbonyl (C=O) groups is 2. The normalized spacial score (nSPS) is 19.3. The number of carbonyl (C=O) groups excluding carboxylic acids is 2. The van der Waals surface area contributed by atoms with Crippen molar-refractivity contribution in [1.82, 2.24) is 20.5 Å². The Morgan fingerprint density at radius 1 is 0.860 bits per heavy atom. The van der Waals surface area contributed by atoms with Crippen LogP contribution in [-0.2, 0) is 21.6 Å². The van der Waals surface area contributed by atoms with Crippen molar-refractivity contribution < 1.29 is 19.4 Å². The average molecular weight is 770 g/mol. The van der Waals surface area contributed by atoms with Crippen LogP contribution in [0.3, 0.4) is 0 Å². The molecule has 2 amide bonds. The number of fused-ring (bicyclic) bond motifs is 1. The van der Waals surface area contributed by atoms with E-state index in [1.54, 1.807) is 6.07 Å². The third kappa shape index (κ3) is 9.47. The van der Waals surface area contributed by atoms with Crippen molar-refractivity contribution in [2.45, 2.75) is 56.7 Å². The second-order valence-corrected chi connectivity index (χ2v) is 15.9. The van der Waals surface area contributed by atoms with E-state index in [1.165, 1.54) is 6.07 Å². The Bertz CT molecular complexity index is 2100. The summed E-state index contributed by atoms with van der Waals surface area (Å²) in [5.41, 5.74) is 9.25. The number of H-pyrrole nitrogens is 1. The van der Waals surface area contributed by atoms with Gasteiger partial charge in [-0.2, -0.15) is 0 Å². The van der Waals surface area contributed by atoms with E-state index in [0.717, 1.165) is 72.8 Å². The third-order valence-corrected chi connectivity index (χ3v) is 12.1. The molecule has 1 saturated heterocycles. The van der Waals surface area contributed by atoms with Gasteiger partial charge in [0.05, 0.1) is 11.6 Å². The fourth-order valence-electron chi connectivity index (χ4n) is 9.22. The van der Waals surface area contributed by atoms with Crippen molar-refractivity contribution in [3.63, 3.8) is 0 Å². The summed E-state index contributed by atoms with van der Waals surface area (Å²) in [6.07, 6.45) is 4.78. The molecular formula is C47H55N5O5. The maximum atomic E-state index is 13.4. The molecule has 298 valence electrons. The molecule has 0 radical (unpaired) electrons. The lowest BCUT2D eigenvalue weighted by Gasteiger charge is -2.37. The molecule has 2 unspecified atom stereocenters. The van der Waals surface area contributed by atoms with Crippen LogP contribution in [0.2, 0.25) is 0 Å². The van der Waals surface area contributed by atoms with Crippen LogP contribution in [0.1, 0.15) is 66.9 Å². The molecule has 10 nitrogen and oxygen atoms in total. The van der Waals surface area contributed by atoms with Crippen molar-refractivity contribution in [3.8, 4) is 5.75 Å². The number of hydrogen-bond donors (Lipinski definition) is 5. The Balaban J connectivity index is 0.864. The number of primary amides is 1. The van der Waals surface area contributed by atoms with Gasteiger partial charge in [0.1, 0.15) is 17.8 Å². The summed E-state index contributed by atoms with van der Waals surface area (Å²) >= 11 is 0. The highest BCUT2D eigenvalue weighted by Crippen LogP contribution is 2.43. The molecule has 57 heavy (non-hydrogen) atoms. The van der Waals surface area contributed by atoms with Gasteiger partial charge in [-0.15, -0.1) is 0 Å². The van der Waals surface area contributed by atoms with Crippen molar-refractivity contribution in [3.05, 3.63) is 148 Å². The molecule has 5 aromatic rings. The van der Waals surface area contributed by atoms with E-state index < -0.39 is 11.5 Å². The SMILES string of the molecule is NC(=O)C(c1ccccc1)(c1ccccc1)[C@@H]1CCN(CCC(=O)NCC2CCCC(CNC[C@@H](O)c3ccc(OCc4ccccc4)c4[nH]c(=O)ccc34)C2)C1. The predicted octanol–water partition coefficient (Wildman–Crippen LogP) is 5.84. The van der Waals surface area contributed by atoms with Crippen molar-refractivity contribution in [2.24, 2.45) is 23.5 Å². The largest absolute Gasteiger partial charge is 0.487 e. The van der Waals surface area contributed by atoms with Crippen LogP contribution in [0.15, 0.2) is 120 Å². The first-order valence-corrected chi connectivity index (χ1v) is 20.4. The zero-order chi connectivity index (χ0) is 39.6. The van der Waals surface area contributed by atoms with Crippen molar-refractivity contribution in [1.29, 1.82) is 0 Å². The van der Waals surface area contributed by atoms with Crippen LogP contribution >= 0.6 is 0 Å². The second kappa shape index (κ2) is 18.8. The van der Waals surface area contributed by atoms with Gasteiger partial charge in [-0.25, -0.2) is 0 Å². The Morgan fingerprint density at radius 3 is 2.21 bits per heavy atom. The number of aliphatic hydroxyl groups is 1. The number of ether oxygens (including phenoxy) is 1. The molecule has 2 fully saturated rings. The number of hydrogen-bond acceptors (Lipinski definition) is 7. The van der Waals surface area contributed by atoms with Gasteiger partial charge in [-0.1, -0.05) is 103 Å². The first-order chi connectivity index (χ1) is 27.8. The molecule has 4 aromatic carbocycles. The highest BCUT2D eigenvalue weighted by Gasteiger charge is 2.49. The zero-order valence-corrected chi connectivity index (χ0v) is 32.6. The van der Waals surface area contributed by atoms with Gasteiger partial charge in [-0.05, 0) is 90.9 Å². The summed E-state index contributed by atoms with van der Waals surface area (Å²) in [5.74, 6) is 1.13. The highest BCUT2D eigenvalue weighted by atomic mass is 16.5. The Labute approximate surface area is 334 Å². The molecule has 4 atom stereocenters. The van der Waals surface area contributed by atoms with Crippen molar-refractivity contribution >= 4 is 22.7 Å². The third-order valence-electron chi connectivity index (χ3n) is 12.1. The minimum atomic E-state index is -0.941. The van der Waals surface area contributed by atoms with Gasteiger partial charge in [0.15, 0.2) is 0 Å². The molecule has 6 N–H and O–H groups in total. The van der Waals surface area contributed by atoms with Crippen LogP contribution in [0.5, 0.6) is 5.75 Å². The van der Waals surface area contributed by atoms with E-state index in [2.05, 4.69) is 20.5 Å². The number of benzene rings is 4. The number of pyridine rings is 1. The first-order valence-electron chi connectivity index (χ1n) is 20.4. The highest BCUT2D eigenvalue weighted by molar-refractivity contribution is 5.91. The summed E-state index contributed by atoms with van der Waals surface area (Å²) in [6, 6.07) is 36.5. The second-order valence-electron chi connectivity index (χ2n) is 15.9. The van der Waals surface area contributed by atoms with Gasteiger partial charge in [0.25, 0.3) is 0 Å². The minimum absolute atomic E-state index is 0.00746. The fourth-order valence-corrected chi connectivity index (χ4v) is 9.22.